The summed E-state index contributed by atoms with van der Waals surface area (Å²) in [6, 6.07) is 7.91. The summed E-state index contributed by atoms with van der Waals surface area (Å²) in [5.41, 5.74) is 6.80. The van der Waals surface area contributed by atoms with Gasteiger partial charge in [-0.15, -0.1) is 18.3 Å². The number of hydrogen-bond donors (Lipinski definition) is 2. The minimum atomic E-state index is -4.83. The van der Waals surface area contributed by atoms with Crippen LogP contribution in [0.1, 0.15) is 17.5 Å². The highest BCUT2D eigenvalue weighted by Gasteiger charge is 2.31. The summed E-state index contributed by atoms with van der Waals surface area (Å²) >= 11 is 0. The van der Waals surface area contributed by atoms with Crippen LogP contribution >= 0.6 is 0 Å². The second kappa shape index (κ2) is 10.00. The number of halogens is 3. The Kier molecular flexibility index (Phi) is 6.75. The van der Waals surface area contributed by atoms with Gasteiger partial charge in [0.2, 0.25) is 0 Å². The van der Waals surface area contributed by atoms with Crippen molar-refractivity contribution >= 4 is 11.5 Å². The highest BCUT2D eigenvalue weighted by molar-refractivity contribution is 5.61. The molecule has 37 heavy (non-hydrogen) atoms. The van der Waals surface area contributed by atoms with Crippen molar-refractivity contribution < 1.29 is 27.4 Å². The summed E-state index contributed by atoms with van der Waals surface area (Å²) in [4.78, 5) is 26.3. The standard InChI is InChI=1S/C24H24F3N5O5/c25-24(26,27)37-16-8-6-15(7-9-16)32-22(33)18-4-1-3-17(18)21(30-32)29-19-5-2-10-31(23(19)34)11-20-35-12-14(28)13-36-20/h2,5-10,14,20H,1,3-4,11-13,28H2,(H,29,30). The Morgan fingerprint density at radius 1 is 1.05 bits per heavy atom. The first-order chi connectivity index (χ1) is 17.7. The zero-order valence-electron chi connectivity index (χ0n) is 19.5. The molecule has 1 fully saturated rings. The van der Waals surface area contributed by atoms with E-state index in [1.54, 1.807) is 18.3 Å². The predicted octanol–water partition coefficient (Wildman–Crippen LogP) is 2.23. The number of nitrogens with two attached hydrogens (primary N) is 1. The van der Waals surface area contributed by atoms with Gasteiger partial charge < -0.3 is 29.8 Å². The van der Waals surface area contributed by atoms with Gasteiger partial charge in [0.25, 0.3) is 11.1 Å². The normalized spacial score (nSPS) is 19.5. The van der Waals surface area contributed by atoms with Crippen LogP contribution in [0.3, 0.4) is 0 Å². The van der Waals surface area contributed by atoms with Gasteiger partial charge in [-0.2, -0.15) is 4.68 Å². The van der Waals surface area contributed by atoms with Crippen LogP contribution in [0.5, 0.6) is 5.75 Å². The Labute approximate surface area is 208 Å². The Balaban J connectivity index is 1.44. The van der Waals surface area contributed by atoms with Crippen LogP contribution in [0.4, 0.5) is 24.7 Å². The van der Waals surface area contributed by atoms with Gasteiger partial charge in [-0.05, 0) is 55.7 Å². The molecule has 10 nitrogen and oxygen atoms in total. The van der Waals surface area contributed by atoms with Gasteiger partial charge in [0.15, 0.2) is 12.1 Å². The highest BCUT2D eigenvalue weighted by atomic mass is 19.4. The summed E-state index contributed by atoms with van der Waals surface area (Å²) in [7, 11) is 0. The molecule has 2 aliphatic rings. The maximum absolute atomic E-state index is 13.1. The topological polar surface area (TPSA) is 123 Å². The molecule has 3 aromatic rings. The van der Waals surface area contributed by atoms with Crippen molar-refractivity contribution in [1.29, 1.82) is 0 Å². The third kappa shape index (κ3) is 5.53. The molecule has 0 saturated carbocycles. The number of pyridine rings is 1. The average molecular weight is 519 g/mol. The zero-order valence-corrected chi connectivity index (χ0v) is 19.5. The summed E-state index contributed by atoms with van der Waals surface area (Å²) in [6.45, 7) is 0.828. The zero-order chi connectivity index (χ0) is 26.2. The molecule has 3 heterocycles. The fourth-order valence-electron chi connectivity index (χ4n) is 4.37. The Hall–Kier alpha value is -3.68. The molecule has 0 unspecified atom stereocenters. The number of nitrogens with one attached hydrogen (secondary N) is 1. The van der Waals surface area contributed by atoms with Crippen LogP contribution in [-0.2, 0) is 28.9 Å². The van der Waals surface area contributed by atoms with Crippen molar-refractivity contribution in [2.45, 2.75) is 44.5 Å². The van der Waals surface area contributed by atoms with Crippen molar-refractivity contribution in [3.8, 4) is 11.4 Å². The van der Waals surface area contributed by atoms with Gasteiger partial charge in [-0.3, -0.25) is 9.59 Å². The highest BCUT2D eigenvalue weighted by Crippen LogP contribution is 2.28. The maximum atomic E-state index is 13.1. The number of fused-ring (bicyclic) bond motifs is 1. The molecular weight excluding hydrogens is 495 g/mol. The van der Waals surface area contributed by atoms with Crippen molar-refractivity contribution in [2.24, 2.45) is 5.73 Å². The molecule has 0 atom stereocenters. The Morgan fingerprint density at radius 3 is 2.46 bits per heavy atom. The van der Waals surface area contributed by atoms with E-state index in [1.165, 1.54) is 16.7 Å². The molecule has 13 heteroatoms. The summed E-state index contributed by atoms with van der Waals surface area (Å²) < 4.78 is 55.0. The lowest BCUT2D eigenvalue weighted by molar-refractivity contribution is -0.274. The van der Waals surface area contributed by atoms with E-state index < -0.39 is 18.4 Å². The van der Waals surface area contributed by atoms with Crippen LogP contribution in [0.2, 0.25) is 0 Å². The number of rotatable bonds is 6. The molecule has 0 spiro atoms. The minimum Gasteiger partial charge on any atom is -0.406 e. The van der Waals surface area contributed by atoms with Crippen molar-refractivity contribution in [3.63, 3.8) is 0 Å². The van der Waals surface area contributed by atoms with E-state index in [4.69, 9.17) is 15.2 Å². The molecular formula is C24H24F3N5O5. The van der Waals surface area contributed by atoms with Gasteiger partial charge in [0.05, 0.1) is 31.5 Å². The lowest BCUT2D eigenvalue weighted by Crippen LogP contribution is -2.43. The van der Waals surface area contributed by atoms with E-state index in [2.05, 4.69) is 15.2 Å². The number of aromatic nitrogens is 3. The number of hydrogen-bond acceptors (Lipinski definition) is 8. The molecule has 3 N–H and O–H groups in total. The number of benzene rings is 1. The van der Waals surface area contributed by atoms with Gasteiger partial charge in [0, 0.05) is 17.3 Å². The molecule has 2 aromatic heterocycles. The molecule has 1 aliphatic carbocycles. The lowest BCUT2D eigenvalue weighted by atomic mass is 10.2. The van der Waals surface area contributed by atoms with Crippen LogP contribution in [0.25, 0.3) is 5.69 Å². The number of alkyl halides is 3. The van der Waals surface area contributed by atoms with Crippen LogP contribution in [0, 0.1) is 0 Å². The molecule has 196 valence electrons. The number of ether oxygens (including phenoxy) is 3. The second-order valence-corrected chi connectivity index (χ2v) is 8.78. The number of nitrogens with zero attached hydrogens (tertiary/aromatic N) is 3. The number of anilines is 2. The Bertz CT molecular complexity index is 1400. The molecule has 5 rings (SSSR count). The quantitative estimate of drug-likeness (QED) is 0.509. The van der Waals surface area contributed by atoms with E-state index in [0.717, 1.165) is 23.2 Å². The van der Waals surface area contributed by atoms with Gasteiger partial charge >= 0.3 is 6.36 Å². The van der Waals surface area contributed by atoms with E-state index in [-0.39, 0.29) is 35.1 Å². The molecule has 0 amide bonds. The maximum Gasteiger partial charge on any atom is 0.573 e. The minimum absolute atomic E-state index is 0.165. The molecule has 0 radical (unpaired) electrons. The SMILES string of the molecule is NC1COC(Cn2cccc(Nc3nn(-c4ccc(OC(F)(F)F)cc4)c(=O)c4c3CCC4)c2=O)OC1. The molecule has 1 saturated heterocycles. The molecule has 1 aliphatic heterocycles. The van der Waals surface area contributed by atoms with Crippen LogP contribution < -0.4 is 26.9 Å². The fraction of sp³-hybridized carbons (Fsp3) is 0.375. The average Bonchev–Trinajstić information content (AvgIpc) is 3.35. The first kappa shape index (κ1) is 25.0. The lowest BCUT2D eigenvalue weighted by Gasteiger charge is -2.27. The summed E-state index contributed by atoms with van der Waals surface area (Å²) in [5, 5.41) is 7.48. The Morgan fingerprint density at radius 2 is 1.76 bits per heavy atom. The first-order valence-electron chi connectivity index (χ1n) is 11.6. The van der Waals surface area contributed by atoms with Crippen molar-refractivity contribution in [1.82, 2.24) is 14.3 Å². The largest absolute Gasteiger partial charge is 0.573 e. The molecule has 1 aromatic carbocycles. The van der Waals surface area contributed by atoms with Crippen molar-refractivity contribution in [3.05, 3.63) is 74.4 Å². The molecule has 0 bridgehead atoms. The van der Waals surface area contributed by atoms with Crippen LogP contribution in [0.15, 0.2) is 52.2 Å². The van der Waals surface area contributed by atoms with Crippen LogP contribution in [-0.4, -0.2) is 46.3 Å². The van der Waals surface area contributed by atoms with E-state index >= 15 is 0 Å². The van der Waals surface area contributed by atoms with E-state index in [0.29, 0.717) is 43.0 Å². The first-order valence-corrected chi connectivity index (χ1v) is 11.6. The fourth-order valence-corrected chi connectivity index (χ4v) is 4.37. The van der Waals surface area contributed by atoms with Gasteiger partial charge in [-0.25, -0.2) is 0 Å². The van der Waals surface area contributed by atoms with Gasteiger partial charge in [0.1, 0.15) is 11.4 Å². The van der Waals surface area contributed by atoms with Gasteiger partial charge in [-0.1, -0.05) is 0 Å². The summed E-state index contributed by atoms with van der Waals surface area (Å²) in [6.07, 6.45) is -1.96. The van der Waals surface area contributed by atoms with E-state index in [9.17, 15) is 22.8 Å². The van der Waals surface area contributed by atoms with Crippen molar-refractivity contribution in [2.75, 3.05) is 18.5 Å². The third-order valence-electron chi connectivity index (χ3n) is 6.08. The third-order valence-corrected chi connectivity index (χ3v) is 6.08. The summed E-state index contributed by atoms with van der Waals surface area (Å²) in [5.74, 6) is -0.0877. The second-order valence-electron chi connectivity index (χ2n) is 8.78. The monoisotopic (exact) mass is 519 g/mol. The van der Waals surface area contributed by atoms with E-state index in [1.807, 2.05) is 0 Å². The smallest absolute Gasteiger partial charge is 0.406 e. The predicted molar refractivity (Wildman–Crippen MR) is 126 cm³/mol.